The van der Waals surface area contributed by atoms with Crippen LogP contribution in [0.5, 0.6) is 5.75 Å². The van der Waals surface area contributed by atoms with Crippen molar-refractivity contribution in [1.82, 2.24) is 5.32 Å². The molecule has 0 radical (unpaired) electrons. The molecule has 0 aliphatic carbocycles. The van der Waals surface area contributed by atoms with Gasteiger partial charge in [0.2, 0.25) is 0 Å². The van der Waals surface area contributed by atoms with E-state index in [4.69, 9.17) is 16.3 Å². The topological polar surface area (TPSA) is 41.5 Å². The van der Waals surface area contributed by atoms with Crippen LogP contribution in [0.15, 0.2) is 48.5 Å². The van der Waals surface area contributed by atoms with E-state index in [0.717, 1.165) is 16.9 Å². The predicted octanol–water partition coefficient (Wildman–Crippen LogP) is 3.10. The molecule has 1 aliphatic rings. The molecule has 2 aromatic rings. The Labute approximate surface area is 123 Å². The zero-order valence-electron chi connectivity index (χ0n) is 10.9. The summed E-state index contributed by atoms with van der Waals surface area (Å²) in [5, 5.41) is 14.1. The van der Waals surface area contributed by atoms with E-state index in [2.05, 4.69) is 5.32 Å². The third-order valence-corrected chi connectivity index (χ3v) is 3.87. The molecule has 3 rings (SSSR count). The summed E-state index contributed by atoms with van der Waals surface area (Å²) in [6, 6.07) is 15.4. The van der Waals surface area contributed by atoms with Crippen LogP contribution >= 0.6 is 11.6 Å². The summed E-state index contributed by atoms with van der Waals surface area (Å²) in [6.07, 6.45) is -0.628. The summed E-state index contributed by atoms with van der Waals surface area (Å²) in [5.41, 5.74) is 1.88. The third kappa shape index (κ3) is 2.66. The summed E-state index contributed by atoms with van der Waals surface area (Å²) >= 11 is 6.08. The van der Waals surface area contributed by atoms with Crippen molar-refractivity contribution in [2.45, 2.75) is 12.1 Å². The van der Waals surface area contributed by atoms with Gasteiger partial charge in [-0.05, 0) is 12.1 Å². The summed E-state index contributed by atoms with van der Waals surface area (Å²) in [7, 11) is 0. The van der Waals surface area contributed by atoms with Gasteiger partial charge >= 0.3 is 0 Å². The number of hydrogen-bond acceptors (Lipinski definition) is 3. The normalized spacial score (nSPS) is 18.4. The lowest BCUT2D eigenvalue weighted by atomic mass is 10.1. The minimum Gasteiger partial charge on any atom is -0.491 e. The number of para-hydroxylation sites is 1. The largest absolute Gasteiger partial charge is 0.491 e. The molecule has 0 aromatic heterocycles. The quantitative estimate of drug-likeness (QED) is 0.909. The first-order chi connectivity index (χ1) is 9.75. The molecule has 104 valence electrons. The van der Waals surface area contributed by atoms with Crippen LogP contribution in [0.2, 0.25) is 5.02 Å². The Morgan fingerprint density at radius 3 is 2.80 bits per heavy atom. The summed E-state index contributed by atoms with van der Waals surface area (Å²) in [4.78, 5) is 0. The fraction of sp³-hybridized carbons (Fsp3) is 0.250. The lowest BCUT2D eigenvalue weighted by Gasteiger charge is -2.17. The van der Waals surface area contributed by atoms with Gasteiger partial charge in [-0.25, -0.2) is 0 Å². The van der Waals surface area contributed by atoms with Crippen LogP contribution in [0.25, 0.3) is 0 Å². The Balaban J connectivity index is 1.65. The van der Waals surface area contributed by atoms with E-state index >= 15 is 0 Å². The lowest BCUT2D eigenvalue weighted by Crippen LogP contribution is -2.27. The van der Waals surface area contributed by atoms with Gasteiger partial charge in [0, 0.05) is 22.7 Å². The van der Waals surface area contributed by atoms with Gasteiger partial charge in [0.25, 0.3) is 0 Å². The molecule has 0 amide bonds. The fourth-order valence-electron chi connectivity index (χ4n) is 2.44. The fourth-order valence-corrected chi connectivity index (χ4v) is 2.70. The SMILES string of the molecule is OC(CNC1COc2ccccc21)c1ccccc1Cl. The standard InChI is InChI=1S/C16H16ClNO2/c17-13-7-3-1-5-11(13)15(19)9-18-14-10-20-16-8-4-2-6-12(14)16/h1-8,14-15,18-19H,9-10H2. The number of fused-ring (bicyclic) bond motifs is 1. The van der Waals surface area contributed by atoms with Crippen molar-refractivity contribution in [3.05, 3.63) is 64.7 Å². The minimum atomic E-state index is -0.628. The molecule has 2 unspecified atom stereocenters. The van der Waals surface area contributed by atoms with Gasteiger partial charge in [-0.2, -0.15) is 0 Å². The zero-order chi connectivity index (χ0) is 13.9. The molecule has 1 aliphatic heterocycles. The van der Waals surface area contributed by atoms with Crippen LogP contribution in [-0.4, -0.2) is 18.3 Å². The van der Waals surface area contributed by atoms with Crippen molar-refractivity contribution in [3.8, 4) is 5.75 Å². The Hall–Kier alpha value is -1.55. The number of hydrogen-bond donors (Lipinski definition) is 2. The maximum Gasteiger partial charge on any atom is 0.124 e. The molecule has 0 saturated heterocycles. The monoisotopic (exact) mass is 289 g/mol. The van der Waals surface area contributed by atoms with E-state index in [1.807, 2.05) is 42.5 Å². The zero-order valence-corrected chi connectivity index (χ0v) is 11.7. The Kier molecular flexibility index (Phi) is 3.92. The van der Waals surface area contributed by atoms with Crippen molar-refractivity contribution in [3.63, 3.8) is 0 Å². The van der Waals surface area contributed by atoms with Crippen molar-refractivity contribution in [2.24, 2.45) is 0 Å². The Morgan fingerprint density at radius 1 is 1.20 bits per heavy atom. The second-order valence-electron chi connectivity index (χ2n) is 4.85. The van der Waals surface area contributed by atoms with E-state index in [9.17, 15) is 5.11 Å². The highest BCUT2D eigenvalue weighted by Gasteiger charge is 2.24. The highest BCUT2D eigenvalue weighted by atomic mass is 35.5. The van der Waals surface area contributed by atoms with Gasteiger partial charge in [-0.15, -0.1) is 0 Å². The highest BCUT2D eigenvalue weighted by Crippen LogP contribution is 2.32. The summed E-state index contributed by atoms with van der Waals surface area (Å²) in [5.74, 6) is 0.914. The second kappa shape index (κ2) is 5.83. The average Bonchev–Trinajstić information content (AvgIpc) is 2.88. The highest BCUT2D eigenvalue weighted by molar-refractivity contribution is 6.31. The van der Waals surface area contributed by atoms with Gasteiger partial charge in [-0.1, -0.05) is 48.0 Å². The average molecular weight is 290 g/mol. The van der Waals surface area contributed by atoms with Crippen molar-refractivity contribution in [1.29, 1.82) is 0 Å². The first-order valence-electron chi connectivity index (χ1n) is 6.63. The van der Waals surface area contributed by atoms with Gasteiger partial charge in [-0.3, -0.25) is 0 Å². The maximum atomic E-state index is 10.2. The van der Waals surface area contributed by atoms with Gasteiger partial charge in [0.05, 0.1) is 12.1 Å². The maximum absolute atomic E-state index is 10.2. The predicted molar refractivity (Wildman–Crippen MR) is 79.1 cm³/mol. The van der Waals surface area contributed by atoms with Crippen LogP contribution < -0.4 is 10.1 Å². The number of halogens is 1. The van der Waals surface area contributed by atoms with Crippen molar-refractivity contribution < 1.29 is 9.84 Å². The molecule has 3 nitrogen and oxygen atoms in total. The van der Waals surface area contributed by atoms with Crippen LogP contribution in [0, 0.1) is 0 Å². The molecule has 2 aromatic carbocycles. The smallest absolute Gasteiger partial charge is 0.124 e. The first-order valence-corrected chi connectivity index (χ1v) is 7.01. The van der Waals surface area contributed by atoms with Gasteiger partial charge in [0.1, 0.15) is 12.4 Å². The molecule has 0 bridgehead atoms. The molecular formula is C16H16ClNO2. The molecule has 0 fully saturated rings. The molecular weight excluding hydrogens is 274 g/mol. The first kappa shape index (κ1) is 13.4. The Morgan fingerprint density at radius 2 is 1.95 bits per heavy atom. The van der Waals surface area contributed by atoms with Crippen LogP contribution in [-0.2, 0) is 0 Å². The lowest BCUT2D eigenvalue weighted by molar-refractivity contribution is 0.166. The summed E-state index contributed by atoms with van der Waals surface area (Å²) in [6.45, 7) is 1.03. The van der Waals surface area contributed by atoms with Crippen LogP contribution in [0.1, 0.15) is 23.3 Å². The van der Waals surface area contributed by atoms with E-state index in [1.165, 1.54) is 0 Å². The molecule has 2 N–H and O–H groups in total. The van der Waals surface area contributed by atoms with Gasteiger partial charge in [0.15, 0.2) is 0 Å². The second-order valence-corrected chi connectivity index (χ2v) is 5.25. The number of ether oxygens (including phenoxy) is 1. The number of nitrogens with one attached hydrogen (secondary N) is 1. The number of aliphatic hydroxyl groups excluding tert-OH is 1. The molecule has 1 heterocycles. The third-order valence-electron chi connectivity index (χ3n) is 3.52. The molecule has 4 heteroatoms. The van der Waals surface area contributed by atoms with Crippen molar-refractivity contribution >= 4 is 11.6 Å². The van der Waals surface area contributed by atoms with E-state index in [-0.39, 0.29) is 6.04 Å². The van der Waals surface area contributed by atoms with E-state index < -0.39 is 6.10 Å². The number of benzene rings is 2. The number of rotatable bonds is 4. The van der Waals surface area contributed by atoms with Crippen LogP contribution in [0.4, 0.5) is 0 Å². The molecule has 2 atom stereocenters. The van der Waals surface area contributed by atoms with Crippen LogP contribution in [0.3, 0.4) is 0 Å². The molecule has 20 heavy (non-hydrogen) atoms. The Bertz CT molecular complexity index is 603. The van der Waals surface area contributed by atoms with E-state index in [1.54, 1.807) is 6.07 Å². The van der Waals surface area contributed by atoms with E-state index in [0.29, 0.717) is 18.2 Å². The van der Waals surface area contributed by atoms with Crippen molar-refractivity contribution in [2.75, 3.05) is 13.2 Å². The summed E-state index contributed by atoms with van der Waals surface area (Å²) < 4.78 is 5.60. The molecule has 0 spiro atoms. The van der Waals surface area contributed by atoms with Gasteiger partial charge < -0.3 is 15.2 Å². The molecule has 0 saturated carbocycles. The number of aliphatic hydroxyl groups is 1. The minimum absolute atomic E-state index is 0.114.